The van der Waals surface area contributed by atoms with Crippen LogP contribution in [-0.2, 0) is 0 Å². The first-order valence-corrected chi connectivity index (χ1v) is 2.93. The van der Waals surface area contributed by atoms with E-state index in [0.29, 0.717) is 0 Å². The van der Waals surface area contributed by atoms with E-state index in [4.69, 9.17) is 0 Å². The average Bonchev–Trinajstić information content (AvgIpc) is 1.88. The molecule has 10 heavy (non-hydrogen) atoms. The van der Waals surface area contributed by atoms with E-state index in [1.165, 1.54) is 5.56 Å². The Balaban J connectivity index is 0.000000810. The van der Waals surface area contributed by atoms with Crippen LogP contribution in [0.3, 0.4) is 0 Å². The van der Waals surface area contributed by atoms with Crippen molar-refractivity contribution in [2.45, 2.75) is 14.4 Å². The van der Waals surface area contributed by atoms with Crippen LogP contribution in [0.1, 0.15) is 13.0 Å². The van der Waals surface area contributed by atoms with Gasteiger partial charge in [0.1, 0.15) is 5.82 Å². The van der Waals surface area contributed by atoms with Gasteiger partial charge >= 0.3 is 0 Å². The van der Waals surface area contributed by atoms with Crippen molar-refractivity contribution in [1.29, 1.82) is 0 Å². The molecule has 0 saturated carbocycles. The highest BCUT2D eigenvalue weighted by atomic mass is 14.9. The zero-order chi connectivity index (χ0) is 6.69. The third kappa shape index (κ3) is 2.05. The Bertz CT molecular complexity index is 196. The lowest BCUT2D eigenvalue weighted by Gasteiger charge is -1.96. The van der Waals surface area contributed by atoms with Gasteiger partial charge in [-0.2, -0.15) is 0 Å². The van der Waals surface area contributed by atoms with Crippen molar-refractivity contribution in [3.8, 4) is 0 Å². The van der Waals surface area contributed by atoms with Crippen LogP contribution in [0.15, 0.2) is 18.3 Å². The minimum absolute atomic E-state index is 0. The number of nitrogens with zero attached hydrogens (tertiary/aromatic N) is 1. The number of aromatic nitrogens is 1. The van der Waals surface area contributed by atoms with E-state index in [1.54, 1.807) is 6.20 Å². The summed E-state index contributed by atoms with van der Waals surface area (Å²) in [7, 11) is 1.86. The van der Waals surface area contributed by atoms with Gasteiger partial charge in [0, 0.05) is 13.2 Å². The normalized spacial score (nSPS) is 8.20. The van der Waals surface area contributed by atoms with Gasteiger partial charge in [0.15, 0.2) is 0 Å². The molecule has 0 fully saturated rings. The van der Waals surface area contributed by atoms with Crippen molar-refractivity contribution in [2.24, 2.45) is 0 Å². The summed E-state index contributed by atoms with van der Waals surface area (Å²) in [6.45, 7) is 2.04. The molecule has 0 spiro atoms. The number of hydrogen-bond acceptors (Lipinski definition) is 2. The van der Waals surface area contributed by atoms with Gasteiger partial charge in [-0.15, -0.1) is 0 Å². The maximum Gasteiger partial charge on any atom is 0.125 e. The fraction of sp³-hybridized carbons (Fsp3) is 0.375. The van der Waals surface area contributed by atoms with E-state index in [2.05, 4.69) is 10.3 Å². The zero-order valence-corrected chi connectivity index (χ0v) is 5.68. The minimum Gasteiger partial charge on any atom is -0.373 e. The molecule has 1 heterocycles. The molecule has 2 heteroatoms. The fourth-order valence-electron chi connectivity index (χ4n) is 0.673. The van der Waals surface area contributed by atoms with Crippen LogP contribution < -0.4 is 5.32 Å². The smallest absolute Gasteiger partial charge is 0.125 e. The van der Waals surface area contributed by atoms with Crippen LogP contribution in [0.5, 0.6) is 0 Å². The van der Waals surface area contributed by atoms with Crippen LogP contribution in [0.2, 0.25) is 0 Å². The first-order chi connectivity index (χ1) is 4.33. The number of pyridine rings is 1. The van der Waals surface area contributed by atoms with Crippen LogP contribution in [-0.4, -0.2) is 12.0 Å². The molecule has 0 saturated heterocycles. The standard InChI is InChI=1S/C7H10N2.CH4/c1-6-3-4-9-7(5-6)8-2;/h3-5H,1-2H3,(H,8,9);1H4. The Morgan fingerprint density at radius 3 is 2.60 bits per heavy atom. The number of anilines is 1. The van der Waals surface area contributed by atoms with E-state index in [0.717, 1.165) is 5.82 Å². The molecule has 0 aliphatic rings. The highest BCUT2D eigenvalue weighted by Crippen LogP contribution is 2.02. The average molecular weight is 138 g/mol. The summed E-state index contributed by atoms with van der Waals surface area (Å²) in [5.74, 6) is 0.926. The number of nitrogens with one attached hydrogen (secondary N) is 1. The third-order valence-corrected chi connectivity index (χ3v) is 1.17. The van der Waals surface area contributed by atoms with Crippen LogP contribution in [0.25, 0.3) is 0 Å². The summed E-state index contributed by atoms with van der Waals surface area (Å²) >= 11 is 0. The van der Waals surface area contributed by atoms with E-state index < -0.39 is 0 Å². The fourth-order valence-corrected chi connectivity index (χ4v) is 0.673. The van der Waals surface area contributed by atoms with E-state index in [-0.39, 0.29) is 7.43 Å². The van der Waals surface area contributed by atoms with Crippen molar-refractivity contribution in [3.63, 3.8) is 0 Å². The predicted molar refractivity (Wildman–Crippen MR) is 45.3 cm³/mol. The minimum atomic E-state index is 0. The largest absolute Gasteiger partial charge is 0.373 e. The lowest BCUT2D eigenvalue weighted by atomic mass is 10.3. The van der Waals surface area contributed by atoms with Gasteiger partial charge in [0.2, 0.25) is 0 Å². The maximum absolute atomic E-state index is 4.05. The Morgan fingerprint density at radius 1 is 1.50 bits per heavy atom. The van der Waals surface area contributed by atoms with Gasteiger partial charge in [-0.3, -0.25) is 0 Å². The molecule has 0 atom stereocenters. The van der Waals surface area contributed by atoms with Gasteiger partial charge in [-0.05, 0) is 24.6 Å². The summed E-state index contributed by atoms with van der Waals surface area (Å²) < 4.78 is 0. The van der Waals surface area contributed by atoms with Crippen molar-refractivity contribution >= 4 is 5.82 Å². The molecule has 56 valence electrons. The van der Waals surface area contributed by atoms with Gasteiger partial charge < -0.3 is 5.32 Å². The summed E-state index contributed by atoms with van der Waals surface area (Å²) in [5.41, 5.74) is 1.23. The van der Waals surface area contributed by atoms with E-state index in [1.807, 2.05) is 26.1 Å². The molecule has 0 aliphatic carbocycles. The van der Waals surface area contributed by atoms with Gasteiger partial charge in [0.05, 0.1) is 0 Å². The van der Waals surface area contributed by atoms with E-state index >= 15 is 0 Å². The molecule has 0 aromatic carbocycles. The molecule has 0 aliphatic heterocycles. The second kappa shape index (κ2) is 3.88. The molecule has 0 unspecified atom stereocenters. The molecular formula is C8H14N2. The Morgan fingerprint density at radius 2 is 2.20 bits per heavy atom. The molecule has 0 amide bonds. The zero-order valence-electron chi connectivity index (χ0n) is 5.68. The van der Waals surface area contributed by atoms with Gasteiger partial charge in [-0.25, -0.2) is 4.98 Å². The highest BCUT2D eigenvalue weighted by molar-refractivity contribution is 5.35. The molecule has 1 aromatic rings. The topological polar surface area (TPSA) is 24.9 Å². The molecular weight excluding hydrogens is 124 g/mol. The first-order valence-electron chi connectivity index (χ1n) is 2.93. The number of aryl methyl sites for hydroxylation is 1. The first kappa shape index (κ1) is 8.95. The second-order valence-electron chi connectivity index (χ2n) is 1.97. The summed E-state index contributed by atoms with van der Waals surface area (Å²) in [6, 6.07) is 3.97. The molecule has 1 rings (SSSR count). The Hall–Kier alpha value is -1.05. The quantitative estimate of drug-likeness (QED) is 0.642. The molecule has 0 radical (unpaired) electrons. The monoisotopic (exact) mass is 138 g/mol. The van der Waals surface area contributed by atoms with Crippen molar-refractivity contribution in [1.82, 2.24) is 4.98 Å². The lowest BCUT2D eigenvalue weighted by Crippen LogP contribution is -1.90. The molecule has 1 N–H and O–H groups in total. The molecule has 0 bridgehead atoms. The Kier molecular flexibility index (Phi) is 3.47. The van der Waals surface area contributed by atoms with Gasteiger partial charge in [-0.1, -0.05) is 7.43 Å². The third-order valence-electron chi connectivity index (χ3n) is 1.17. The van der Waals surface area contributed by atoms with Crippen molar-refractivity contribution < 1.29 is 0 Å². The van der Waals surface area contributed by atoms with E-state index in [9.17, 15) is 0 Å². The summed E-state index contributed by atoms with van der Waals surface area (Å²) in [5, 5.41) is 2.96. The summed E-state index contributed by atoms with van der Waals surface area (Å²) in [4.78, 5) is 4.05. The predicted octanol–water partition coefficient (Wildman–Crippen LogP) is 2.07. The highest BCUT2D eigenvalue weighted by Gasteiger charge is 1.86. The van der Waals surface area contributed by atoms with Crippen LogP contribution >= 0.6 is 0 Å². The lowest BCUT2D eigenvalue weighted by molar-refractivity contribution is 1.26. The molecule has 1 aromatic heterocycles. The van der Waals surface area contributed by atoms with Crippen LogP contribution in [0.4, 0.5) is 5.82 Å². The Labute approximate surface area is 62.3 Å². The van der Waals surface area contributed by atoms with Crippen LogP contribution in [0, 0.1) is 6.92 Å². The van der Waals surface area contributed by atoms with Gasteiger partial charge in [0.25, 0.3) is 0 Å². The van der Waals surface area contributed by atoms with Crippen molar-refractivity contribution in [3.05, 3.63) is 23.9 Å². The number of hydrogen-bond donors (Lipinski definition) is 1. The SMILES string of the molecule is C.CNc1cc(C)ccn1. The molecule has 2 nitrogen and oxygen atoms in total. The summed E-state index contributed by atoms with van der Waals surface area (Å²) in [6.07, 6.45) is 1.79. The second-order valence-corrected chi connectivity index (χ2v) is 1.97. The van der Waals surface area contributed by atoms with Crippen molar-refractivity contribution in [2.75, 3.05) is 12.4 Å². The number of rotatable bonds is 1. The maximum atomic E-state index is 4.05.